The number of nitrogens with zero attached hydrogens (tertiary/aromatic N) is 3. The molecule has 0 radical (unpaired) electrons. The first kappa shape index (κ1) is 26.1. The highest BCUT2D eigenvalue weighted by atomic mass is 16.5. The standard InChI is InChI=1S/C26H38N4O4/c1-17(2)15-34-16-23(19(4)31)27-13-20-7-8-24-22(12-20)28-25(30(24)9-10-33-6)21-11-18(3)26(32)29(5)14-21/h7-8,11-12,14,17,19,23,27,31H,9-10,13,15-16H2,1-6H3/t19-,23?/m1/s1. The second kappa shape index (κ2) is 11.8. The summed E-state index contributed by atoms with van der Waals surface area (Å²) < 4.78 is 14.8. The lowest BCUT2D eigenvalue weighted by Gasteiger charge is -2.22. The topological polar surface area (TPSA) is 90.5 Å². The van der Waals surface area contributed by atoms with Gasteiger partial charge in [0.15, 0.2) is 0 Å². The van der Waals surface area contributed by atoms with Crippen LogP contribution in [-0.4, -0.2) is 58.3 Å². The van der Waals surface area contributed by atoms with Gasteiger partial charge in [-0.25, -0.2) is 4.98 Å². The van der Waals surface area contributed by atoms with E-state index in [2.05, 4.69) is 41.9 Å². The fraction of sp³-hybridized carbons (Fsp3) is 0.538. The number of pyridine rings is 1. The summed E-state index contributed by atoms with van der Waals surface area (Å²) in [5.41, 5.74) is 4.52. The molecule has 1 unspecified atom stereocenters. The van der Waals surface area contributed by atoms with Crippen molar-refractivity contribution in [1.82, 2.24) is 19.4 Å². The van der Waals surface area contributed by atoms with E-state index in [1.807, 2.05) is 19.2 Å². The van der Waals surface area contributed by atoms with Crippen molar-refractivity contribution in [2.75, 3.05) is 26.9 Å². The van der Waals surface area contributed by atoms with Crippen molar-refractivity contribution in [2.45, 2.75) is 52.9 Å². The summed E-state index contributed by atoms with van der Waals surface area (Å²) in [7, 11) is 3.44. The monoisotopic (exact) mass is 470 g/mol. The first-order chi connectivity index (χ1) is 16.2. The number of ether oxygens (including phenoxy) is 2. The van der Waals surface area contributed by atoms with Crippen LogP contribution in [0.15, 0.2) is 35.3 Å². The van der Waals surface area contributed by atoms with Gasteiger partial charge < -0.3 is 29.0 Å². The molecular formula is C26H38N4O4. The molecule has 34 heavy (non-hydrogen) atoms. The third-order valence-electron chi connectivity index (χ3n) is 5.85. The van der Waals surface area contributed by atoms with Crippen molar-refractivity contribution in [2.24, 2.45) is 13.0 Å². The number of aromatic nitrogens is 3. The zero-order valence-corrected chi connectivity index (χ0v) is 21.2. The maximum Gasteiger partial charge on any atom is 0.253 e. The molecule has 0 saturated heterocycles. The van der Waals surface area contributed by atoms with E-state index in [-0.39, 0.29) is 11.6 Å². The zero-order chi connectivity index (χ0) is 24.8. The molecule has 0 saturated carbocycles. The van der Waals surface area contributed by atoms with Gasteiger partial charge in [0.1, 0.15) is 5.82 Å². The average molecular weight is 471 g/mol. The van der Waals surface area contributed by atoms with Gasteiger partial charge in [0.25, 0.3) is 5.56 Å². The number of nitrogens with one attached hydrogen (secondary N) is 1. The van der Waals surface area contributed by atoms with Crippen LogP contribution in [0.4, 0.5) is 0 Å². The molecule has 8 heteroatoms. The van der Waals surface area contributed by atoms with Crippen molar-refractivity contribution < 1.29 is 14.6 Å². The van der Waals surface area contributed by atoms with E-state index in [9.17, 15) is 9.90 Å². The Morgan fingerprint density at radius 1 is 1.18 bits per heavy atom. The molecular weight excluding hydrogens is 432 g/mol. The van der Waals surface area contributed by atoms with Crippen molar-refractivity contribution in [3.8, 4) is 11.4 Å². The quantitative estimate of drug-likeness (QED) is 0.423. The Hall–Kier alpha value is -2.52. The molecule has 8 nitrogen and oxygen atoms in total. The summed E-state index contributed by atoms with van der Waals surface area (Å²) in [6.45, 7) is 10.7. The SMILES string of the molecule is COCCn1c(-c2cc(C)c(=O)n(C)c2)nc2cc(CNC(COCC(C)C)[C@@H](C)O)ccc21. The first-order valence-electron chi connectivity index (χ1n) is 11.9. The second-order valence-corrected chi connectivity index (χ2v) is 9.39. The van der Waals surface area contributed by atoms with Gasteiger partial charge in [0, 0.05) is 51.2 Å². The Bertz CT molecular complexity index is 1120. The van der Waals surface area contributed by atoms with Crippen LogP contribution in [0, 0.1) is 12.8 Å². The summed E-state index contributed by atoms with van der Waals surface area (Å²) in [6, 6.07) is 7.94. The second-order valence-electron chi connectivity index (χ2n) is 9.39. The molecule has 2 aromatic heterocycles. The van der Waals surface area contributed by atoms with Crippen LogP contribution in [0.1, 0.15) is 31.9 Å². The number of methoxy groups -OCH3 is 1. The molecule has 0 aliphatic rings. The van der Waals surface area contributed by atoms with E-state index in [0.717, 1.165) is 28.0 Å². The predicted molar refractivity (Wildman–Crippen MR) is 135 cm³/mol. The number of imidazole rings is 1. The van der Waals surface area contributed by atoms with E-state index in [0.29, 0.717) is 44.4 Å². The molecule has 1 aromatic carbocycles. The molecule has 2 N–H and O–H groups in total. The van der Waals surface area contributed by atoms with Gasteiger partial charge in [-0.15, -0.1) is 0 Å². The number of hydrogen-bond acceptors (Lipinski definition) is 6. The van der Waals surface area contributed by atoms with Crippen LogP contribution in [0.5, 0.6) is 0 Å². The molecule has 0 fully saturated rings. The predicted octanol–water partition coefficient (Wildman–Crippen LogP) is 2.87. The Labute approximate surface area is 201 Å². The number of aryl methyl sites for hydroxylation is 2. The highest BCUT2D eigenvalue weighted by molar-refractivity contribution is 5.81. The molecule has 0 aliphatic heterocycles. The highest BCUT2D eigenvalue weighted by Gasteiger charge is 2.17. The fourth-order valence-corrected chi connectivity index (χ4v) is 3.96. The van der Waals surface area contributed by atoms with Crippen LogP contribution >= 0.6 is 0 Å². The van der Waals surface area contributed by atoms with Crippen molar-refractivity contribution in [3.63, 3.8) is 0 Å². The third kappa shape index (κ3) is 6.33. The zero-order valence-electron chi connectivity index (χ0n) is 21.2. The maximum absolute atomic E-state index is 12.2. The number of fused-ring (bicyclic) bond motifs is 1. The van der Waals surface area contributed by atoms with Crippen molar-refractivity contribution >= 4 is 11.0 Å². The van der Waals surface area contributed by atoms with Gasteiger partial charge in [-0.3, -0.25) is 4.79 Å². The van der Waals surface area contributed by atoms with Gasteiger partial charge >= 0.3 is 0 Å². The fourth-order valence-electron chi connectivity index (χ4n) is 3.96. The van der Waals surface area contributed by atoms with Crippen LogP contribution in [0.3, 0.4) is 0 Å². The van der Waals surface area contributed by atoms with Crippen LogP contribution < -0.4 is 10.9 Å². The first-order valence-corrected chi connectivity index (χ1v) is 11.9. The van der Waals surface area contributed by atoms with E-state index in [4.69, 9.17) is 14.5 Å². The van der Waals surface area contributed by atoms with Gasteiger partial charge in [-0.1, -0.05) is 19.9 Å². The number of aliphatic hydroxyl groups is 1. The van der Waals surface area contributed by atoms with Crippen LogP contribution in [-0.2, 0) is 29.6 Å². The molecule has 0 aliphatic carbocycles. The van der Waals surface area contributed by atoms with Gasteiger partial charge in [-0.2, -0.15) is 0 Å². The molecule has 0 bridgehead atoms. The van der Waals surface area contributed by atoms with Crippen LogP contribution in [0.25, 0.3) is 22.4 Å². The van der Waals surface area contributed by atoms with E-state index in [1.54, 1.807) is 25.6 Å². The smallest absolute Gasteiger partial charge is 0.253 e. The van der Waals surface area contributed by atoms with Crippen molar-refractivity contribution in [3.05, 3.63) is 51.9 Å². The maximum atomic E-state index is 12.2. The van der Waals surface area contributed by atoms with E-state index < -0.39 is 6.10 Å². The Balaban J connectivity index is 1.88. The molecule has 0 spiro atoms. The highest BCUT2D eigenvalue weighted by Crippen LogP contribution is 2.26. The van der Waals surface area contributed by atoms with E-state index >= 15 is 0 Å². The third-order valence-corrected chi connectivity index (χ3v) is 5.85. The van der Waals surface area contributed by atoms with Crippen LogP contribution in [0.2, 0.25) is 0 Å². The lowest BCUT2D eigenvalue weighted by atomic mass is 10.1. The number of hydrogen-bond donors (Lipinski definition) is 2. The molecule has 3 aromatic rings. The number of rotatable bonds is 12. The van der Waals surface area contributed by atoms with Gasteiger partial charge in [0.2, 0.25) is 0 Å². The number of benzene rings is 1. The molecule has 2 heterocycles. The average Bonchev–Trinajstić information content (AvgIpc) is 3.15. The lowest BCUT2D eigenvalue weighted by molar-refractivity contribution is 0.0444. The Morgan fingerprint density at radius 3 is 2.59 bits per heavy atom. The Kier molecular flexibility index (Phi) is 9.02. The summed E-state index contributed by atoms with van der Waals surface area (Å²) in [6.07, 6.45) is 1.30. The number of aliphatic hydroxyl groups excluding tert-OH is 1. The summed E-state index contributed by atoms with van der Waals surface area (Å²) in [4.78, 5) is 17.1. The van der Waals surface area contributed by atoms with Gasteiger partial charge in [0.05, 0.1) is 36.4 Å². The minimum atomic E-state index is -0.524. The normalized spacial score (nSPS) is 13.6. The summed E-state index contributed by atoms with van der Waals surface area (Å²) >= 11 is 0. The lowest BCUT2D eigenvalue weighted by Crippen LogP contribution is -2.41. The minimum absolute atomic E-state index is 0.0123. The minimum Gasteiger partial charge on any atom is -0.392 e. The summed E-state index contributed by atoms with van der Waals surface area (Å²) in [5, 5.41) is 13.6. The Morgan fingerprint density at radius 2 is 1.94 bits per heavy atom. The molecule has 186 valence electrons. The van der Waals surface area contributed by atoms with E-state index in [1.165, 1.54) is 0 Å². The molecule has 2 atom stereocenters. The molecule has 3 rings (SSSR count). The van der Waals surface area contributed by atoms with Crippen molar-refractivity contribution in [1.29, 1.82) is 0 Å². The molecule has 0 amide bonds. The van der Waals surface area contributed by atoms with Gasteiger partial charge in [-0.05, 0) is 43.5 Å². The summed E-state index contributed by atoms with van der Waals surface area (Å²) in [5.74, 6) is 1.26. The largest absolute Gasteiger partial charge is 0.392 e.